The third-order valence-electron chi connectivity index (χ3n) is 4.40. The molecule has 0 spiro atoms. The minimum Gasteiger partial charge on any atom is -0.379 e. The van der Waals surface area contributed by atoms with E-state index >= 15 is 0 Å². The van der Waals surface area contributed by atoms with Crippen molar-refractivity contribution in [3.05, 3.63) is 47.3 Å². The van der Waals surface area contributed by atoms with Crippen LogP contribution in [0, 0.1) is 13.8 Å². The second kappa shape index (κ2) is 9.43. The van der Waals surface area contributed by atoms with E-state index in [0.717, 1.165) is 56.3 Å². The van der Waals surface area contributed by atoms with Crippen LogP contribution in [0.3, 0.4) is 0 Å². The van der Waals surface area contributed by atoms with E-state index < -0.39 is 0 Å². The summed E-state index contributed by atoms with van der Waals surface area (Å²) in [5, 5.41) is 6.16. The number of nitrogens with one attached hydrogen (secondary N) is 2. The number of ether oxygens (including phenoxy) is 1. The maximum absolute atomic E-state index is 12.4. The Morgan fingerprint density at radius 2 is 1.89 bits per heavy atom. The lowest BCUT2D eigenvalue weighted by Crippen LogP contribution is -2.38. The summed E-state index contributed by atoms with van der Waals surface area (Å²) in [7, 11) is 0. The van der Waals surface area contributed by atoms with Gasteiger partial charge in [0, 0.05) is 42.3 Å². The number of carbonyl (C=O) groups is 1. The fraction of sp³-hybridized carbons (Fsp3) is 0.450. The minimum atomic E-state index is -0.0676. The van der Waals surface area contributed by atoms with Gasteiger partial charge in [-0.05, 0) is 51.1 Å². The Kier molecular flexibility index (Phi) is 6.73. The second-order valence-electron chi connectivity index (χ2n) is 6.74. The van der Waals surface area contributed by atoms with Crippen molar-refractivity contribution < 1.29 is 9.53 Å². The van der Waals surface area contributed by atoms with E-state index in [1.165, 1.54) is 0 Å². The molecule has 0 atom stereocenters. The molecule has 2 N–H and O–H groups in total. The van der Waals surface area contributed by atoms with Crippen molar-refractivity contribution in [3.8, 4) is 0 Å². The van der Waals surface area contributed by atoms with E-state index in [9.17, 15) is 4.79 Å². The van der Waals surface area contributed by atoms with Crippen molar-refractivity contribution in [3.63, 3.8) is 0 Å². The topological polar surface area (TPSA) is 79.4 Å². The molecule has 144 valence electrons. The Bertz CT molecular complexity index is 754. The molecular weight excluding hydrogens is 342 g/mol. The Labute approximate surface area is 160 Å². The lowest BCUT2D eigenvalue weighted by atomic mass is 10.2. The number of hydrogen-bond acceptors (Lipinski definition) is 6. The van der Waals surface area contributed by atoms with Crippen molar-refractivity contribution in [1.82, 2.24) is 20.2 Å². The van der Waals surface area contributed by atoms with Gasteiger partial charge < -0.3 is 15.4 Å². The molecule has 7 heteroatoms. The first-order valence-electron chi connectivity index (χ1n) is 9.38. The first kappa shape index (κ1) is 19.3. The summed E-state index contributed by atoms with van der Waals surface area (Å²) in [4.78, 5) is 23.5. The fourth-order valence-electron chi connectivity index (χ4n) is 3.08. The Balaban J connectivity index is 1.50. The normalized spacial score (nSPS) is 14.7. The molecule has 27 heavy (non-hydrogen) atoms. The van der Waals surface area contributed by atoms with Gasteiger partial charge in [-0.15, -0.1) is 0 Å². The summed E-state index contributed by atoms with van der Waals surface area (Å²) in [5.41, 5.74) is 3.22. The number of aryl methyl sites for hydroxylation is 2. The van der Waals surface area contributed by atoms with Gasteiger partial charge in [-0.1, -0.05) is 6.07 Å². The average Bonchev–Trinajstić information content (AvgIpc) is 2.65. The highest BCUT2D eigenvalue weighted by atomic mass is 16.5. The number of morpholine rings is 1. The molecule has 0 unspecified atom stereocenters. The number of hydrogen-bond donors (Lipinski definition) is 2. The largest absolute Gasteiger partial charge is 0.379 e. The molecule has 0 aliphatic carbocycles. The molecule has 1 aliphatic rings. The first-order chi connectivity index (χ1) is 13.1. The summed E-state index contributed by atoms with van der Waals surface area (Å²) in [6.07, 6.45) is 0.931. The van der Waals surface area contributed by atoms with Gasteiger partial charge in [0.05, 0.1) is 13.2 Å². The van der Waals surface area contributed by atoms with E-state index in [2.05, 4.69) is 25.5 Å². The average molecular weight is 369 g/mol. The third kappa shape index (κ3) is 6.01. The summed E-state index contributed by atoms with van der Waals surface area (Å²) in [6.45, 7) is 9.06. The van der Waals surface area contributed by atoms with Crippen molar-refractivity contribution in [2.24, 2.45) is 0 Å². The maximum atomic E-state index is 12.4. The molecule has 2 heterocycles. The predicted octanol–water partition coefficient (Wildman–Crippen LogP) is 2.29. The molecule has 0 radical (unpaired) electrons. The predicted molar refractivity (Wildman–Crippen MR) is 105 cm³/mol. The van der Waals surface area contributed by atoms with Crippen molar-refractivity contribution in [2.75, 3.05) is 44.7 Å². The summed E-state index contributed by atoms with van der Waals surface area (Å²) >= 11 is 0. The van der Waals surface area contributed by atoms with E-state index in [0.29, 0.717) is 18.1 Å². The molecule has 1 amide bonds. The van der Waals surface area contributed by atoms with Crippen LogP contribution in [0.5, 0.6) is 0 Å². The molecule has 1 saturated heterocycles. The number of benzene rings is 1. The van der Waals surface area contributed by atoms with Gasteiger partial charge in [-0.3, -0.25) is 9.69 Å². The van der Waals surface area contributed by atoms with Crippen LogP contribution in [0.2, 0.25) is 0 Å². The molecule has 1 fully saturated rings. The van der Waals surface area contributed by atoms with E-state index in [1.54, 1.807) is 0 Å². The Morgan fingerprint density at radius 3 is 2.63 bits per heavy atom. The maximum Gasteiger partial charge on any atom is 0.251 e. The van der Waals surface area contributed by atoms with Gasteiger partial charge in [-0.2, -0.15) is 0 Å². The van der Waals surface area contributed by atoms with Gasteiger partial charge in [0.1, 0.15) is 0 Å². The van der Waals surface area contributed by atoms with Crippen LogP contribution < -0.4 is 10.6 Å². The van der Waals surface area contributed by atoms with Gasteiger partial charge >= 0.3 is 0 Å². The molecule has 7 nitrogen and oxygen atoms in total. The monoisotopic (exact) mass is 369 g/mol. The molecule has 0 bridgehead atoms. The first-order valence-corrected chi connectivity index (χ1v) is 9.38. The van der Waals surface area contributed by atoms with E-state index in [1.807, 2.05) is 44.2 Å². The highest BCUT2D eigenvalue weighted by Gasteiger charge is 2.10. The van der Waals surface area contributed by atoms with Crippen LogP contribution in [0.25, 0.3) is 0 Å². The van der Waals surface area contributed by atoms with Gasteiger partial charge in [0.25, 0.3) is 5.91 Å². The zero-order valence-corrected chi connectivity index (χ0v) is 16.0. The highest BCUT2D eigenvalue weighted by molar-refractivity contribution is 5.95. The molecular formula is C20H27N5O2. The van der Waals surface area contributed by atoms with Gasteiger partial charge in [0.2, 0.25) is 5.95 Å². The quantitative estimate of drug-likeness (QED) is 0.729. The van der Waals surface area contributed by atoms with E-state index in [-0.39, 0.29) is 5.91 Å². The Morgan fingerprint density at radius 1 is 1.15 bits per heavy atom. The molecule has 2 aromatic rings. The van der Waals surface area contributed by atoms with Crippen molar-refractivity contribution in [1.29, 1.82) is 0 Å². The summed E-state index contributed by atoms with van der Waals surface area (Å²) in [6, 6.07) is 9.30. The molecule has 0 saturated carbocycles. The fourth-order valence-corrected chi connectivity index (χ4v) is 3.08. The highest BCUT2D eigenvalue weighted by Crippen LogP contribution is 2.15. The summed E-state index contributed by atoms with van der Waals surface area (Å²) < 4.78 is 5.34. The van der Waals surface area contributed by atoms with Crippen LogP contribution in [-0.2, 0) is 4.74 Å². The summed E-state index contributed by atoms with van der Waals surface area (Å²) in [5.74, 6) is 0.470. The van der Waals surface area contributed by atoms with Crippen LogP contribution in [0.4, 0.5) is 11.6 Å². The number of rotatable bonds is 7. The smallest absolute Gasteiger partial charge is 0.251 e. The molecule has 3 rings (SSSR count). The van der Waals surface area contributed by atoms with Crippen LogP contribution in [0.1, 0.15) is 28.2 Å². The molecule has 1 aliphatic heterocycles. The van der Waals surface area contributed by atoms with Crippen molar-refractivity contribution >= 4 is 17.5 Å². The molecule has 1 aromatic heterocycles. The zero-order chi connectivity index (χ0) is 19.1. The third-order valence-corrected chi connectivity index (χ3v) is 4.40. The number of carbonyl (C=O) groups excluding carboxylic acids is 1. The SMILES string of the molecule is Cc1cc(C)nc(Nc2cccc(C(=O)NCCCN3CCOCC3)c2)n1. The van der Waals surface area contributed by atoms with Crippen LogP contribution in [-0.4, -0.2) is 60.2 Å². The number of nitrogens with zero attached hydrogens (tertiary/aromatic N) is 3. The lowest BCUT2D eigenvalue weighted by Gasteiger charge is -2.26. The number of anilines is 2. The standard InChI is InChI=1S/C20H27N5O2/c1-15-13-16(2)23-20(22-15)24-18-6-3-5-17(14-18)19(26)21-7-4-8-25-9-11-27-12-10-25/h3,5-6,13-14H,4,7-12H2,1-2H3,(H,21,26)(H,22,23,24). The van der Waals surface area contributed by atoms with E-state index in [4.69, 9.17) is 4.74 Å². The minimum absolute atomic E-state index is 0.0676. The van der Waals surface area contributed by atoms with Gasteiger partial charge in [-0.25, -0.2) is 9.97 Å². The lowest BCUT2D eigenvalue weighted by molar-refractivity contribution is 0.0374. The number of amides is 1. The number of aromatic nitrogens is 2. The van der Waals surface area contributed by atoms with Crippen LogP contribution >= 0.6 is 0 Å². The second-order valence-corrected chi connectivity index (χ2v) is 6.74. The zero-order valence-electron chi connectivity index (χ0n) is 16.0. The Hall–Kier alpha value is -2.51. The van der Waals surface area contributed by atoms with Gasteiger partial charge in [0.15, 0.2) is 0 Å². The van der Waals surface area contributed by atoms with Crippen LogP contribution in [0.15, 0.2) is 30.3 Å². The van der Waals surface area contributed by atoms with Crippen molar-refractivity contribution in [2.45, 2.75) is 20.3 Å². The molecule has 1 aromatic carbocycles.